The molecule has 2 aliphatic heterocycles. The fourth-order valence-corrected chi connectivity index (χ4v) is 4.38. The molecular formula is C16H30N2O. The van der Waals surface area contributed by atoms with Crippen molar-refractivity contribution in [2.75, 3.05) is 32.8 Å². The fraction of sp³-hybridized carbons (Fsp3) is 1.00. The van der Waals surface area contributed by atoms with E-state index in [0.29, 0.717) is 11.5 Å². The van der Waals surface area contributed by atoms with Gasteiger partial charge in [0, 0.05) is 19.1 Å². The summed E-state index contributed by atoms with van der Waals surface area (Å²) in [5.41, 5.74) is 0.574. The summed E-state index contributed by atoms with van der Waals surface area (Å²) in [6.45, 7) is 8.26. The molecule has 3 aliphatic rings. The molecule has 110 valence electrons. The SMILES string of the molecule is CCC1(CN2CCOC3CCCCC32)CCNCC1. The number of hydrogen-bond donors (Lipinski definition) is 1. The number of nitrogens with zero attached hydrogens (tertiary/aromatic N) is 1. The predicted octanol–water partition coefficient (Wildman–Crippen LogP) is 2.41. The summed E-state index contributed by atoms with van der Waals surface area (Å²) in [6.07, 6.45) is 10.0. The second kappa shape index (κ2) is 6.11. The predicted molar refractivity (Wildman–Crippen MR) is 78.4 cm³/mol. The third kappa shape index (κ3) is 2.98. The van der Waals surface area contributed by atoms with Crippen LogP contribution in [0, 0.1) is 5.41 Å². The first kappa shape index (κ1) is 13.8. The number of morpholine rings is 1. The van der Waals surface area contributed by atoms with Crippen molar-refractivity contribution >= 4 is 0 Å². The van der Waals surface area contributed by atoms with Crippen molar-refractivity contribution in [3.63, 3.8) is 0 Å². The third-order valence-corrected chi connectivity index (χ3v) is 5.80. The van der Waals surface area contributed by atoms with Gasteiger partial charge in [-0.3, -0.25) is 4.90 Å². The van der Waals surface area contributed by atoms with Gasteiger partial charge in [-0.25, -0.2) is 0 Å². The van der Waals surface area contributed by atoms with Gasteiger partial charge in [-0.15, -0.1) is 0 Å². The first-order chi connectivity index (χ1) is 9.33. The molecule has 3 rings (SSSR count). The van der Waals surface area contributed by atoms with Crippen molar-refractivity contribution in [1.29, 1.82) is 0 Å². The van der Waals surface area contributed by atoms with Crippen LogP contribution < -0.4 is 5.32 Å². The lowest BCUT2D eigenvalue weighted by Gasteiger charge is -2.49. The molecule has 1 aliphatic carbocycles. The van der Waals surface area contributed by atoms with Crippen LogP contribution in [0.4, 0.5) is 0 Å². The second-order valence-electron chi connectivity index (χ2n) is 6.84. The van der Waals surface area contributed by atoms with Crippen LogP contribution in [0.3, 0.4) is 0 Å². The monoisotopic (exact) mass is 266 g/mol. The Morgan fingerprint density at radius 3 is 2.79 bits per heavy atom. The first-order valence-electron chi connectivity index (χ1n) is 8.39. The van der Waals surface area contributed by atoms with Crippen LogP contribution in [-0.2, 0) is 4.74 Å². The lowest BCUT2D eigenvalue weighted by atomic mass is 9.75. The van der Waals surface area contributed by atoms with E-state index in [1.54, 1.807) is 0 Å². The van der Waals surface area contributed by atoms with Crippen molar-refractivity contribution < 1.29 is 4.74 Å². The Kier molecular flexibility index (Phi) is 4.45. The highest BCUT2D eigenvalue weighted by Gasteiger charge is 2.39. The van der Waals surface area contributed by atoms with Gasteiger partial charge in [-0.2, -0.15) is 0 Å². The summed E-state index contributed by atoms with van der Waals surface area (Å²) in [6, 6.07) is 0.723. The zero-order valence-corrected chi connectivity index (χ0v) is 12.5. The minimum Gasteiger partial charge on any atom is -0.375 e. The third-order valence-electron chi connectivity index (χ3n) is 5.80. The molecule has 3 nitrogen and oxygen atoms in total. The molecule has 0 radical (unpaired) electrons. The summed E-state index contributed by atoms with van der Waals surface area (Å²) in [5, 5.41) is 3.52. The smallest absolute Gasteiger partial charge is 0.0730 e. The maximum Gasteiger partial charge on any atom is 0.0730 e. The molecule has 0 aromatic heterocycles. The van der Waals surface area contributed by atoms with Crippen LogP contribution in [0.2, 0.25) is 0 Å². The Bertz CT molecular complexity index is 286. The molecule has 1 N–H and O–H groups in total. The number of piperidine rings is 1. The van der Waals surface area contributed by atoms with E-state index < -0.39 is 0 Å². The zero-order chi connectivity index (χ0) is 13.1. The van der Waals surface area contributed by atoms with E-state index in [2.05, 4.69) is 17.1 Å². The van der Waals surface area contributed by atoms with Gasteiger partial charge in [0.15, 0.2) is 0 Å². The highest BCUT2D eigenvalue weighted by Crippen LogP contribution is 2.37. The first-order valence-corrected chi connectivity index (χ1v) is 8.39. The Labute approximate surface area is 118 Å². The van der Waals surface area contributed by atoms with Crippen LogP contribution in [0.1, 0.15) is 51.9 Å². The van der Waals surface area contributed by atoms with Crippen molar-refractivity contribution in [3.05, 3.63) is 0 Å². The van der Waals surface area contributed by atoms with E-state index in [9.17, 15) is 0 Å². The summed E-state index contributed by atoms with van der Waals surface area (Å²) >= 11 is 0. The highest BCUT2D eigenvalue weighted by molar-refractivity contribution is 4.93. The molecule has 0 bridgehead atoms. The Balaban J connectivity index is 1.66. The molecule has 0 spiro atoms. The van der Waals surface area contributed by atoms with Crippen LogP contribution in [0.5, 0.6) is 0 Å². The zero-order valence-electron chi connectivity index (χ0n) is 12.5. The van der Waals surface area contributed by atoms with Gasteiger partial charge in [0.25, 0.3) is 0 Å². The van der Waals surface area contributed by atoms with E-state index in [1.807, 2.05) is 0 Å². The molecule has 2 saturated heterocycles. The summed E-state index contributed by atoms with van der Waals surface area (Å²) in [4.78, 5) is 2.79. The number of nitrogens with one attached hydrogen (secondary N) is 1. The standard InChI is InChI=1S/C16H30N2O/c1-2-16(7-9-17-10-8-16)13-18-11-12-19-15-6-4-3-5-14(15)18/h14-15,17H,2-13H2,1H3. The van der Waals surface area contributed by atoms with Crippen molar-refractivity contribution in [2.24, 2.45) is 5.41 Å². The summed E-state index contributed by atoms with van der Waals surface area (Å²) in [7, 11) is 0. The van der Waals surface area contributed by atoms with Crippen LogP contribution in [0.15, 0.2) is 0 Å². The second-order valence-corrected chi connectivity index (χ2v) is 6.84. The highest BCUT2D eigenvalue weighted by atomic mass is 16.5. The molecule has 1 saturated carbocycles. The minimum absolute atomic E-state index is 0.540. The minimum atomic E-state index is 0.540. The fourth-order valence-electron chi connectivity index (χ4n) is 4.38. The lowest BCUT2D eigenvalue weighted by molar-refractivity contribution is -0.101. The van der Waals surface area contributed by atoms with E-state index in [-0.39, 0.29) is 0 Å². The average Bonchev–Trinajstić information content (AvgIpc) is 2.49. The molecule has 2 heterocycles. The summed E-state index contributed by atoms with van der Waals surface area (Å²) < 4.78 is 6.01. The van der Waals surface area contributed by atoms with Gasteiger partial charge in [-0.1, -0.05) is 19.8 Å². The van der Waals surface area contributed by atoms with Crippen molar-refractivity contribution in [3.8, 4) is 0 Å². The van der Waals surface area contributed by atoms with Gasteiger partial charge in [-0.05, 0) is 50.6 Å². The molecule has 0 aromatic rings. The molecule has 0 amide bonds. The van der Waals surface area contributed by atoms with E-state index in [1.165, 1.54) is 64.6 Å². The number of rotatable bonds is 3. The molecular weight excluding hydrogens is 236 g/mol. The lowest BCUT2D eigenvalue weighted by Crippen LogP contribution is -2.56. The van der Waals surface area contributed by atoms with Gasteiger partial charge in [0.2, 0.25) is 0 Å². The van der Waals surface area contributed by atoms with Gasteiger partial charge >= 0.3 is 0 Å². The van der Waals surface area contributed by atoms with Crippen LogP contribution in [-0.4, -0.2) is 49.8 Å². The molecule has 3 heteroatoms. The molecule has 2 unspecified atom stereocenters. The van der Waals surface area contributed by atoms with Gasteiger partial charge < -0.3 is 10.1 Å². The Morgan fingerprint density at radius 1 is 1.21 bits per heavy atom. The normalized spacial score (nSPS) is 35.8. The van der Waals surface area contributed by atoms with E-state index in [0.717, 1.165) is 19.2 Å². The molecule has 3 fully saturated rings. The Hall–Kier alpha value is -0.120. The Morgan fingerprint density at radius 2 is 2.00 bits per heavy atom. The topological polar surface area (TPSA) is 24.5 Å². The number of ether oxygens (including phenoxy) is 1. The molecule has 0 aromatic carbocycles. The largest absolute Gasteiger partial charge is 0.375 e. The maximum atomic E-state index is 6.01. The van der Waals surface area contributed by atoms with E-state index >= 15 is 0 Å². The average molecular weight is 266 g/mol. The van der Waals surface area contributed by atoms with Gasteiger partial charge in [0.05, 0.1) is 12.7 Å². The van der Waals surface area contributed by atoms with Gasteiger partial charge in [0.1, 0.15) is 0 Å². The van der Waals surface area contributed by atoms with Crippen LogP contribution >= 0.6 is 0 Å². The van der Waals surface area contributed by atoms with Crippen LogP contribution in [0.25, 0.3) is 0 Å². The summed E-state index contributed by atoms with van der Waals surface area (Å²) in [5.74, 6) is 0. The van der Waals surface area contributed by atoms with Crippen molar-refractivity contribution in [2.45, 2.75) is 64.0 Å². The number of hydrogen-bond acceptors (Lipinski definition) is 3. The van der Waals surface area contributed by atoms with E-state index in [4.69, 9.17) is 4.74 Å². The quantitative estimate of drug-likeness (QED) is 0.849. The molecule has 19 heavy (non-hydrogen) atoms. The number of fused-ring (bicyclic) bond motifs is 1. The maximum absolute atomic E-state index is 6.01. The van der Waals surface area contributed by atoms with Crippen molar-refractivity contribution in [1.82, 2.24) is 10.2 Å². The molecule has 2 atom stereocenters.